The van der Waals surface area contributed by atoms with Crippen LogP contribution in [0.4, 0.5) is 4.39 Å². The third-order valence-corrected chi connectivity index (χ3v) is 2.87. The SMILES string of the molecule is O=C1C/C(=C\c2ccc(F)cc2Br)C(=O)N1. The van der Waals surface area contributed by atoms with E-state index < -0.39 is 0 Å². The summed E-state index contributed by atoms with van der Waals surface area (Å²) in [5.74, 6) is -1.06. The van der Waals surface area contributed by atoms with Gasteiger partial charge in [0, 0.05) is 10.0 Å². The number of carbonyl (C=O) groups excluding carboxylic acids is 2. The Hall–Kier alpha value is -1.49. The zero-order valence-electron chi connectivity index (χ0n) is 8.09. The molecule has 1 aromatic carbocycles. The van der Waals surface area contributed by atoms with Gasteiger partial charge >= 0.3 is 0 Å². The molecule has 1 aromatic rings. The maximum atomic E-state index is 12.8. The van der Waals surface area contributed by atoms with E-state index in [1.165, 1.54) is 12.1 Å². The topological polar surface area (TPSA) is 46.2 Å². The van der Waals surface area contributed by atoms with E-state index in [1.807, 2.05) is 0 Å². The van der Waals surface area contributed by atoms with Crippen molar-refractivity contribution in [1.29, 1.82) is 0 Å². The first kappa shape index (κ1) is 11.0. The molecule has 1 fully saturated rings. The normalized spacial score (nSPS) is 18.0. The van der Waals surface area contributed by atoms with Gasteiger partial charge in [-0.05, 0) is 23.8 Å². The van der Waals surface area contributed by atoms with Crippen LogP contribution in [-0.4, -0.2) is 11.8 Å². The van der Waals surface area contributed by atoms with Crippen molar-refractivity contribution in [3.8, 4) is 0 Å². The molecule has 1 aliphatic heterocycles. The van der Waals surface area contributed by atoms with Crippen molar-refractivity contribution in [3.63, 3.8) is 0 Å². The fourth-order valence-corrected chi connectivity index (χ4v) is 1.89. The van der Waals surface area contributed by atoms with E-state index in [1.54, 1.807) is 12.1 Å². The second kappa shape index (κ2) is 4.17. The zero-order valence-corrected chi connectivity index (χ0v) is 9.67. The molecular formula is C11H7BrFNO2. The second-order valence-corrected chi connectivity index (χ2v) is 4.24. The van der Waals surface area contributed by atoms with Crippen LogP contribution in [0.1, 0.15) is 12.0 Å². The molecule has 3 nitrogen and oxygen atoms in total. The van der Waals surface area contributed by atoms with Gasteiger partial charge in [-0.15, -0.1) is 0 Å². The van der Waals surface area contributed by atoms with E-state index in [2.05, 4.69) is 21.2 Å². The maximum Gasteiger partial charge on any atom is 0.254 e. The molecule has 0 spiro atoms. The highest BCUT2D eigenvalue weighted by molar-refractivity contribution is 9.10. The van der Waals surface area contributed by atoms with Crippen LogP contribution in [0.25, 0.3) is 6.08 Å². The third-order valence-electron chi connectivity index (χ3n) is 2.19. The summed E-state index contributed by atoms with van der Waals surface area (Å²) < 4.78 is 13.4. The highest BCUT2D eigenvalue weighted by atomic mass is 79.9. The van der Waals surface area contributed by atoms with Gasteiger partial charge in [0.05, 0.1) is 6.42 Å². The Bertz CT molecular complexity index is 511. The van der Waals surface area contributed by atoms with E-state index in [-0.39, 0.29) is 24.1 Å². The number of benzene rings is 1. The van der Waals surface area contributed by atoms with E-state index in [9.17, 15) is 14.0 Å². The summed E-state index contributed by atoms with van der Waals surface area (Å²) in [6.07, 6.45) is 1.65. The Morgan fingerprint density at radius 1 is 1.38 bits per heavy atom. The number of imide groups is 1. The standard InChI is InChI=1S/C11H7BrFNO2/c12-9-5-8(13)2-1-6(9)3-7-4-10(15)14-11(7)16/h1-3,5H,4H2,(H,14,15,16)/b7-3+. The molecule has 0 bridgehead atoms. The lowest BCUT2D eigenvalue weighted by Gasteiger charge is -1.99. The van der Waals surface area contributed by atoms with Gasteiger partial charge in [0.15, 0.2) is 0 Å². The number of hydrogen-bond acceptors (Lipinski definition) is 2. The molecule has 16 heavy (non-hydrogen) atoms. The number of rotatable bonds is 1. The first-order valence-corrected chi connectivity index (χ1v) is 5.35. The first-order valence-electron chi connectivity index (χ1n) is 4.56. The van der Waals surface area contributed by atoms with Crippen molar-refractivity contribution in [2.75, 3.05) is 0 Å². The van der Waals surface area contributed by atoms with Gasteiger partial charge in [-0.1, -0.05) is 22.0 Å². The Balaban J connectivity index is 2.36. The van der Waals surface area contributed by atoms with Gasteiger partial charge in [-0.25, -0.2) is 4.39 Å². The zero-order chi connectivity index (χ0) is 11.7. The van der Waals surface area contributed by atoms with Gasteiger partial charge in [0.2, 0.25) is 5.91 Å². The third kappa shape index (κ3) is 2.19. The lowest BCUT2D eigenvalue weighted by molar-refractivity contribution is -0.124. The average molecular weight is 284 g/mol. The molecule has 0 saturated carbocycles. The van der Waals surface area contributed by atoms with E-state index in [0.717, 1.165) is 0 Å². The van der Waals surface area contributed by atoms with Crippen LogP contribution in [0.3, 0.4) is 0 Å². The fourth-order valence-electron chi connectivity index (χ4n) is 1.43. The minimum absolute atomic E-state index is 0.0721. The quantitative estimate of drug-likeness (QED) is 0.633. The van der Waals surface area contributed by atoms with Gasteiger partial charge in [0.1, 0.15) is 5.82 Å². The fraction of sp³-hybridized carbons (Fsp3) is 0.0909. The predicted molar refractivity (Wildman–Crippen MR) is 59.8 cm³/mol. The first-order chi connectivity index (χ1) is 7.56. The minimum atomic E-state index is -0.388. The van der Waals surface area contributed by atoms with Crippen molar-refractivity contribution >= 4 is 33.8 Å². The van der Waals surface area contributed by atoms with Crippen molar-refractivity contribution < 1.29 is 14.0 Å². The monoisotopic (exact) mass is 283 g/mol. The van der Waals surface area contributed by atoms with Crippen LogP contribution in [0.2, 0.25) is 0 Å². The molecule has 0 radical (unpaired) electrons. The molecule has 0 unspecified atom stereocenters. The second-order valence-electron chi connectivity index (χ2n) is 3.39. The van der Waals surface area contributed by atoms with Gasteiger partial charge in [-0.3, -0.25) is 14.9 Å². The van der Waals surface area contributed by atoms with Gasteiger partial charge < -0.3 is 0 Å². The molecule has 1 heterocycles. The molecule has 1 N–H and O–H groups in total. The smallest absolute Gasteiger partial charge is 0.254 e. The average Bonchev–Trinajstić information content (AvgIpc) is 2.50. The van der Waals surface area contributed by atoms with Crippen LogP contribution < -0.4 is 5.32 Å². The largest absolute Gasteiger partial charge is 0.292 e. The molecule has 1 aliphatic rings. The summed E-state index contributed by atoms with van der Waals surface area (Å²) in [5, 5.41) is 2.18. The highest BCUT2D eigenvalue weighted by Crippen LogP contribution is 2.22. The Morgan fingerprint density at radius 3 is 2.69 bits per heavy atom. The lowest BCUT2D eigenvalue weighted by atomic mass is 10.1. The summed E-state index contributed by atoms with van der Waals surface area (Å²) >= 11 is 3.19. The van der Waals surface area contributed by atoms with Crippen molar-refractivity contribution in [2.45, 2.75) is 6.42 Å². The van der Waals surface area contributed by atoms with Crippen LogP contribution >= 0.6 is 15.9 Å². The molecule has 0 aliphatic carbocycles. The van der Waals surface area contributed by atoms with Crippen LogP contribution in [-0.2, 0) is 9.59 Å². The number of hydrogen-bond donors (Lipinski definition) is 1. The summed E-state index contributed by atoms with van der Waals surface area (Å²) in [6, 6.07) is 4.15. The minimum Gasteiger partial charge on any atom is -0.292 e. The number of nitrogens with one attached hydrogen (secondary N) is 1. The van der Waals surface area contributed by atoms with E-state index in [4.69, 9.17) is 0 Å². The molecule has 5 heteroatoms. The van der Waals surface area contributed by atoms with Crippen LogP contribution in [0, 0.1) is 5.82 Å². The predicted octanol–water partition coefficient (Wildman–Crippen LogP) is 2.02. The van der Waals surface area contributed by atoms with Crippen LogP contribution in [0.15, 0.2) is 28.2 Å². The molecule has 0 atom stereocenters. The van der Waals surface area contributed by atoms with Crippen molar-refractivity contribution in [3.05, 3.63) is 39.6 Å². The lowest BCUT2D eigenvalue weighted by Crippen LogP contribution is -2.19. The van der Waals surface area contributed by atoms with Gasteiger partial charge in [0.25, 0.3) is 5.91 Å². The number of halogens is 2. The number of carbonyl (C=O) groups is 2. The summed E-state index contributed by atoms with van der Waals surface area (Å²) in [5.41, 5.74) is 1.05. The molecule has 2 amide bonds. The molecule has 82 valence electrons. The number of amides is 2. The van der Waals surface area contributed by atoms with Crippen molar-refractivity contribution in [2.24, 2.45) is 0 Å². The Morgan fingerprint density at radius 2 is 2.12 bits per heavy atom. The molecule has 1 saturated heterocycles. The summed E-state index contributed by atoms with van der Waals surface area (Å²) in [4.78, 5) is 22.2. The maximum absolute atomic E-state index is 12.8. The Labute approximate surface area is 99.5 Å². The Kier molecular flexibility index (Phi) is 2.87. The molecule has 0 aromatic heterocycles. The summed E-state index contributed by atoms with van der Waals surface area (Å²) in [7, 11) is 0. The summed E-state index contributed by atoms with van der Waals surface area (Å²) in [6.45, 7) is 0. The molecule has 2 rings (SSSR count). The highest BCUT2D eigenvalue weighted by Gasteiger charge is 2.23. The van der Waals surface area contributed by atoms with Crippen LogP contribution in [0.5, 0.6) is 0 Å². The van der Waals surface area contributed by atoms with E-state index >= 15 is 0 Å². The molecular weight excluding hydrogens is 277 g/mol. The van der Waals surface area contributed by atoms with E-state index in [0.29, 0.717) is 15.6 Å². The van der Waals surface area contributed by atoms with Gasteiger partial charge in [-0.2, -0.15) is 0 Å². The van der Waals surface area contributed by atoms with Crippen molar-refractivity contribution in [1.82, 2.24) is 5.32 Å².